The third kappa shape index (κ3) is 2.97. The SMILES string of the molecule is CC1(O)CCN(C(=O)c2ccc(-c3nc4ccccc4s3)s2)CC1. The van der Waals surface area contributed by atoms with Gasteiger partial charge in [-0.2, -0.15) is 0 Å². The lowest BCUT2D eigenvalue weighted by Gasteiger charge is -2.35. The van der Waals surface area contributed by atoms with Crippen LogP contribution in [0.2, 0.25) is 0 Å². The molecular formula is C18H18N2O2S2. The van der Waals surface area contributed by atoms with Crippen LogP contribution in [0.15, 0.2) is 36.4 Å². The standard InChI is InChI=1S/C18H18N2O2S2/c1-18(22)8-10-20(11-9-18)17(21)15-7-6-14(23-15)16-19-12-4-2-3-5-13(12)24-16/h2-7,22H,8-11H2,1H3. The lowest BCUT2D eigenvalue weighted by Crippen LogP contribution is -2.44. The molecule has 0 radical (unpaired) electrons. The number of para-hydroxylation sites is 1. The van der Waals surface area contributed by atoms with E-state index in [-0.39, 0.29) is 5.91 Å². The maximum Gasteiger partial charge on any atom is 0.263 e. The average Bonchev–Trinajstić information content (AvgIpc) is 3.21. The van der Waals surface area contributed by atoms with Crippen LogP contribution in [0.3, 0.4) is 0 Å². The normalized spacial score (nSPS) is 17.3. The molecule has 0 unspecified atom stereocenters. The van der Waals surface area contributed by atoms with Crippen molar-refractivity contribution in [3.63, 3.8) is 0 Å². The molecule has 0 bridgehead atoms. The summed E-state index contributed by atoms with van der Waals surface area (Å²) in [5.74, 6) is 0.0582. The summed E-state index contributed by atoms with van der Waals surface area (Å²) in [6.07, 6.45) is 1.27. The monoisotopic (exact) mass is 358 g/mol. The highest BCUT2D eigenvalue weighted by atomic mass is 32.1. The van der Waals surface area contributed by atoms with Crippen molar-refractivity contribution in [2.45, 2.75) is 25.4 Å². The summed E-state index contributed by atoms with van der Waals surface area (Å²) in [5.41, 5.74) is 0.357. The number of nitrogens with zero attached hydrogens (tertiary/aromatic N) is 2. The molecular weight excluding hydrogens is 340 g/mol. The molecule has 3 heterocycles. The quantitative estimate of drug-likeness (QED) is 0.753. The number of fused-ring (bicyclic) bond motifs is 1. The van der Waals surface area contributed by atoms with E-state index in [4.69, 9.17) is 0 Å². The number of aliphatic hydroxyl groups is 1. The molecule has 1 fully saturated rings. The Morgan fingerprint density at radius 2 is 1.92 bits per heavy atom. The minimum absolute atomic E-state index is 0.0582. The minimum atomic E-state index is -0.640. The average molecular weight is 358 g/mol. The van der Waals surface area contributed by atoms with E-state index in [1.807, 2.05) is 42.2 Å². The maximum absolute atomic E-state index is 12.7. The van der Waals surface area contributed by atoms with Crippen LogP contribution in [0, 0.1) is 0 Å². The van der Waals surface area contributed by atoms with E-state index in [1.165, 1.54) is 11.3 Å². The van der Waals surface area contributed by atoms with Crippen molar-refractivity contribution < 1.29 is 9.90 Å². The van der Waals surface area contributed by atoms with E-state index in [1.54, 1.807) is 11.3 Å². The van der Waals surface area contributed by atoms with E-state index < -0.39 is 5.60 Å². The summed E-state index contributed by atoms with van der Waals surface area (Å²) in [5, 5.41) is 11.0. The molecule has 0 saturated carbocycles. The number of thiophene rings is 1. The number of likely N-dealkylation sites (tertiary alicyclic amines) is 1. The molecule has 124 valence electrons. The van der Waals surface area contributed by atoms with Crippen molar-refractivity contribution in [3.8, 4) is 9.88 Å². The largest absolute Gasteiger partial charge is 0.390 e. The van der Waals surface area contributed by atoms with E-state index >= 15 is 0 Å². The molecule has 1 aliphatic rings. The molecule has 2 aromatic heterocycles. The summed E-state index contributed by atoms with van der Waals surface area (Å²) >= 11 is 3.15. The Balaban J connectivity index is 1.55. The van der Waals surface area contributed by atoms with Gasteiger partial charge in [-0.05, 0) is 44.0 Å². The third-order valence-corrected chi connectivity index (χ3v) is 6.73. The first-order valence-corrected chi connectivity index (χ1v) is 9.63. The number of rotatable bonds is 2. The molecule has 6 heteroatoms. The lowest BCUT2D eigenvalue weighted by atomic mass is 9.94. The number of piperidine rings is 1. The molecule has 1 N–H and O–H groups in total. The first-order valence-electron chi connectivity index (χ1n) is 7.99. The van der Waals surface area contributed by atoms with Crippen molar-refractivity contribution in [1.82, 2.24) is 9.88 Å². The van der Waals surface area contributed by atoms with Gasteiger partial charge < -0.3 is 10.0 Å². The van der Waals surface area contributed by atoms with Crippen molar-refractivity contribution in [1.29, 1.82) is 0 Å². The molecule has 3 aromatic rings. The fraction of sp³-hybridized carbons (Fsp3) is 0.333. The first-order chi connectivity index (χ1) is 11.5. The highest BCUT2D eigenvalue weighted by Gasteiger charge is 2.30. The summed E-state index contributed by atoms with van der Waals surface area (Å²) in [4.78, 5) is 20.9. The summed E-state index contributed by atoms with van der Waals surface area (Å²) < 4.78 is 1.16. The molecule has 4 rings (SSSR count). The van der Waals surface area contributed by atoms with Gasteiger partial charge in [0, 0.05) is 13.1 Å². The van der Waals surface area contributed by atoms with Gasteiger partial charge >= 0.3 is 0 Å². The second kappa shape index (κ2) is 5.95. The molecule has 1 saturated heterocycles. The zero-order valence-corrected chi connectivity index (χ0v) is 15.0. The van der Waals surface area contributed by atoms with Gasteiger partial charge in [0.25, 0.3) is 5.91 Å². The van der Waals surface area contributed by atoms with Crippen LogP contribution >= 0.6 is 22.7 Å². The molecule has 0 atom stereocenters. The van der Waals surface area contributed by atoms with Crippen molar-refractivity contribution in [2.24, 2.45) is 0 Å². The van der Waals surface area contributed by atoms with Crippen LogP contribution in [-0.2, 0) is 0 Å². The fourth-order valence-corrected chi connectivity index (χ4v) is 4.89. The second-order valence-corrected chi connectivity index (χ2v) is 8.55. The Morgan fingerprint density at radius 3 is 2.67 bits per heavy atom. The number of aromatic nitrogens is 1. The van der Waals surface area contributed by atoms with Crippen LogP contribution in [0.25, 0.3) is 20.1 Å². The Kier molecular flexibility index (Phi) is 3.90. The molecule has 4 nitrogen and oxygen atoms in total. The van der Waals surface area contributed by atoms with Crippen LogP contribution in [0.5, 0.6) is 0 Å². The molecule has 1 amide bonds. The van der Waals surface area contributed by atoms with Crippen LogP contribution in [0.1, 0.15) is 29.4 Å². The van der Waals surface area contributed by atoms with E-state index in [0.29, 0.717) is 25.9 Å². The number of amides is 1. The zero-order valence-electron chi connectivity index (χ0n) is 13.4. The number of hydrogen-bond acceptors (Lipinski definition) is 5. The Bertz CT molecular complexity index is 854. The van der Waals surface area contributed by atoms with Gasteiger partial charge in [-0.3, -0.25) is 4.79 Å². The lowest BCUT2D eigenvalue weighted by molar-refractivity contribution is -0.00188. The molecule has 24 heavy (non-hydrogen) atoms. The minimum Gasteiger partial charge on any atom is -0.390 e. The van der Waals surface area contributed by atoms with E-state index in [0.717, 1.165) is 25.0 Å². The molecule has 0 spiro atoms. The summed E-state index contributed by atoms with van der Waals surface area (Å²) in [7, 11) is 0. The topological polar surface area (TPSA) is 53.4 Å². The molecule has 1 aromatic carbocycles. The van der Waals surface area contributed by atoms with Gasteiger partial charge in [0.1, 0.15) is 5.01 Å². The number of thiazole rings is 1. The van der Waals surface area contributed by atoms with Gasteiger partial charge in [-0.1, -0.05) is 12.1 Å². The van der Waals surface area contributed by atoms with E-state index in [9.17, 15) is 9.90 Å². The predicted octanol–water partition coefficient (Wildman–Crippen LogP) is 4.01. The van der Waals surface area contributed by atoms with Crippen LogP contribution < -0.4 is 0 Å². The number of benzene rings is 1. The fourth-order valence-electron chi connectivity index (χ4n) is 2.89. The van der Waals surface area contributed by atoms with Crippen molar-refractivity contribution in [3.05, 3.63) is 41.3 Å². The smallest absolute Gasteiger partial charge is 0.263 e. The summed E-state index contributed by atoms with van der Waals surface area (Å²) in [6, 6.07) is 11.9. The second-order valence-electron chi connectivity index (χ2n) is 6.44. The van der Waals surface area contributed by atoms with Gasteiger partial charge in [0.15, 0.2) is 0 Å². The highest BCUT2D eigenvalue weighted by Crippen LogP contribution is 2.35. The van der Waals surface area contributed by atoms with Gasteiger partial charge in [-0.25, -0.2) is 4.98 Å². The Morgan fingerprint density at radius 1 is 1.17 bits per heavy atom. The Labute approximate surface area is 148 Å². The number of carbonyl (C=O) groups excluding carboxylic acids is 1. The molecule has 1 aliphatic heterocycles. The zero-order chi connectivity index (χ0) is 16.7. The molecule has 0 aliphatic carbocycles. The predicted molar refractivity (Wildman–Crippen MR) is 98.7 cm³/mol. The first kappa shape index (κ1) is 15.7. The third-order valence-electron chi connectivity index (χ3n) is 4.45. The maximum atomic E-state index is 12.7. The number of carbonyl (C=O) groups is 1. The van der Waals surface area contributed by atoms with Crippen molar-refractivity contribution >= 4 is 38.8 Å². The van der Waals surface area contributed by atoms with Gasteiger partial charge in [0.05, 0.1) is 25.6 Å². The van der Waals surface area contributed by atoms with Crippen LogP contribution in [0.4, 0.5) is 0 Å². The summed E-state index contributed by atoms with van der Waals surface area (Å²) in [6.45, 7) is 3.06. The van der Waals surface area contributed by atoms with E-state index in [2.05, 4.69) is 11.1 Å². The Hall–Kier alpha value is -1.76. The van der Waals surface area contributed by atoms with Crippen molar-refractivity contribution in [2.75, 3.05) is 13.1 Å². The van der Waals surface area contributed by atoms with Gasteiger partial charge in [-0.15, -0.1) is 22.7 Å². The van der Waals surface area contributed by atoms with Crippen LogP contribution in [-0.4, -0.2) is 39.6 Å². The highest BCUT2D eigenvalue weighted by molar-refractivity contribution is 7.26. The number of hydrogen-bond donors (Lipinski definition) is 1. The van der Waals surface area contributed by atoms with Gasteiger partial charge in [0.2, 0.25) is 0 Å².